The Morgan fingerprint density at radius 2 is 2.53 bits per heavy atom. The van der Waals surface area contributed by atoms with Crippen LogP contribution in [-0.4, -0.2) is 55.0 Å². The van der Waals surface area contributed by atoms with Gasteiger partial charge >= 0.3 is 6.03 Å². The lowest BCUT2D eigenvalue weighted by molar-refractivity contribution is -0.116. The minimum Gasteiger partial charge on any atom is -0.386 e. The van der Waals surface area contributed by atoms with Gasteiger partial charge in [0.1, 0.15) is 5.84 Å². The van der Waals surface area contributed by atoms with Crippen molar-refractivity contribution >= 4 is 18.3 Å². The molecule has 0 spiro atoms. The summed E-state index contributed by atoms with van der Waals surface area (Å²) < 4.78 is 4.78. The molecule has 7 heteroatoms. The maximum absolute atomic E-state index is 11.6. The number of amidine groups is 1. The van der Waals surface area contributed by atoms with Crippen molar-refractivity contribution in [2.45, 2.75) is 6.42 Å². The fraction of sp³-hybridized carbons (Fsp3) is 0.625. The van der Waals surface area contributed by atoms with E-state index in [1.807, 2.05) is 0 Å². The molecule has 84 valence electrons. The Kier molecular flexibility index (Phi) is 4.04. The number of carbonyl (C=O) groups excluding carboxylic acids is 2. The zero-order chi connectivity index (χ0) is 11.3. The molecule has 0 aliphatic carbocycles. The Labute approximate surface area is 87.4 Å². The van der Waals surface area contributed by atoms with E-state index in [0.717, 1.165) is 4.90 Å². The highest BCUT2D eigenvalue weighted by Crippen LogP contribution is 2.06. The van der Waals surface area contributed by atoms with Crippen LogP contribution in [-0.2, 0) is 9.53 Å². The van der Waals surface area contributed by atoms with Crippen molar-refractivity contribution in [1.82, 2.24) is 9.91 Å². The van der Waals surface area contributed by atoms with Crippen LogP contribution in [0, 0.1) is 0 Å². The summed E-state index contributed by atoms with van der Waals surface area (Å²) in [4.78, 5) is 23.3. The first-order chi connectivity index (χ1) is 7.19. The lowest BCUT2D eigenvalue weighted by Gasteiger charge is -2.19. The number of nitrogens with two attached hydrogens (primary N) is 1. The largest absolute Gasteiger partial charge is 0.386 e. The van der Waals surface area contributed by atoms with Gasteiger partial charge in [-0.15, -0.1) is 0 Å². The number of hydrogen-bond acceptors (Lipinski definition) is 5. The van der Waals surface area contributed by atoms with Crippen LogP contribution in [0.3, 0.4) is 0 Å². The number of ether oxygens (including phenoxy) is 1. The molecule has 2 N–H and O–H groups in total. The predicted octanol–water partition coefficient (Wildman–Crippen LogP) is -0.811. The highest BCUT2D eigenvalue weighted by atomic mass is 16.5. The molecule has 0 aromatic heterocycles. The summed E-state index contributed by atoms with van der Waals surface area (Å²) in [5.41, 5.74) is 5.43. The summed E-state index contributed by atoms with van der Waals surface area (Å²) in [5.74, 6) is 0.404. The summed E-state index contributed by atoms with van der Waals surface area (Å²) in [7, 11) is 1.50. The molecule has 0 saturated carbocycles. The number of carbonyl (C=O) groups is 2. The van der Waals surface area contributed by atoms with E-state index in [1.54, 1.807) is 0 Å². The van der Waals surface area contributed by atoms with Crippen LogP contribution in [0.5, 0.6) is 0 Å². The topological polar surface area (TPSA) is 88.2 Å². The van der Waals surface area contributed by atoms with Gasteiger partial charge in [0, 0.05) is 13.5 Å². The summed E-state index contributed by atoms with van der Waals surface area (Å²) in [6, 6.07) is -0.470. The number of rotatable bonds is 4. The summed E-state index contributed by atoms with van der Waals surface area (Å²) in [6.07, 6.45) is 1.01. The van der Waals surface area contributed by atoms with Crippen molar-refractivity contribution in [3.05, 3.63) is 0 Å². The van der Waals surface area contributed by atoms with E-state index in [9.17, 15) is 9.59 Å². The molecule has 0 aromatic rings. The number of methoxy groups -OCH3 is 1. The number of hydrazone groups is 1. The number of nitrogens with zero attached hydrogens (tertiary/aromatic N) is 3. The molecule has 0 aromatic carbocycles. The van der Waals surface area contributed by atoms with Gasteiger partial charge in [-0.3, -0.25) is 9.69 Å². The number of amides is 3. The van der Waals surface area contributed by atoms with E-state index in [0.29, 0.717) is 31.8 Å². The first-order valence-electron chi connectivity index (χ1n) is 4.54. The molecule has 1 heterocycles. The van der Waals surface area contributed by atoms with E-state index in [2.05, 4.69) is 5.10 Å². The highest BCUT2D eigenvalue weighted by molar-refractivity contribution is 5.89. The van der Waals surface area contributed by atoms with Crippen molar-refractivity contribution in [2.75, 3.05) is 26.8 Å². The van der Waals surface area contributed by atoms with Crippen LogP contribution >= 0.6 is 0 Å². The van der Waals surface area contributed by atoms with Gasteiger partial charge < -0.3 is 10.5 Å². The molecule has 3 amide bonds. The minimum absolute atomic E-state index is 0.213. The zero-order valence-corrected chi connectivity index (χ0v) is 8.55. The average Bonchev–Trinajstić information content (AvgIpc) is 2.65. The van der Waals surface area contributed by atoms with Crippen LogP contribution in [0.2, 0.25) is 0 Å². The van der Waals surface area contributed by atoms with Gasteiger partial charge in [0.2, 0.25) is 6.41 Å². The quantitative estimate of drug-likeness (QED) is 0.620. The van der Waals surface area contributed by atoms with Crippen molar-refractivity contribution in [3.63, 3.8) is 0 Å². The zero-order valence-electron chi connectivity index (χ0n) is 8.55. The van der Waals surface area contributed by atoms with E-state index < -0.39 is 6.03 Å². The van der Waals surface area contributed by atoms with Gasteiger partial charge in [-0.25, -0.2) is 9.80 Å². The third kappa shape index (κ3) is 2.91. The van der Waals surface area contributed by atoms with Gasteiger partial charge in [-0.1, -0.05) is 0 Å². The van der Waals surface area contributed by atoms with Crippen LogP contribution in [0.15, 0.2) is 5.10 Å². The van der Waals surface area contributed by atoms with E-state index >= 15 is 0 Å². The first-order valence-corrected chi connectivity index (χ1v) is 4.54. The second-order valence-corrected chi connectivity index (χ2v) is 3.04. The summed E-state index contributed by atoms with van der Waals surface area (Å²) in [5, 5.41) is 4.98. The fourth-order valence-electron chi connectivity index (χ4n) is 1.15. The van der Waals surface area contributed by atoms with Gasteiger partial charge in [-0.05, 0) is 0 Å². The second-order valence-electron chi connectivity index (χ2n) is 3.04. The molecule has 15 heavy (non-hydrogen) atoms. The van der Waals surface area contributed by atoms with Crippen molar-refractivity contribution in [2.24, 2.45) is 10.8 Å². The summed E-state index contributed by atoms with van der Waals surface area (Å²) in [6.45, 7) is 0.935. The van der Waals surface area contributed by atoms with Gasteiger partial charge in [-0.2, -0.15) is 5.10 Å². The third-order valence-corrected chi connectivity index (χ3v) is 1.96. The van der Waals surface area contributed by atoms with Crippen molar-refractivity contribution in [1.29, 1.82) is 0 Å². The molecule has 0 atom stereocenters. The SMILES string of the molecule is COCCN(C=O)C(=O)N1CCC(N)=N1. The maximum Gasteiger partial charge on any atom is 0.347 e. The molecule has 0 bridgehead atoms. The molecule has 7 nitrogen and oxygen atoms in total. The average molecular weight is 214 g/mol. The van der Waals surface area contributed by atoms with Crippen molar-refractivity contribution in [3.8, 4) is 0 Å². The minimum atomic E-state index is -0.470. The number of urea groups is 1. The van der Waals surface area contributed by atoms with Gasteiger partial charge in [0.05, 0.1) is 19.7 Å². The molecule has 0 fully saturated rings. The first kappa shape index (κ1) is 11.4. The van der Waals surface area contributed by atoms with Crippen LogP contribution in [0.1, 0.15) is 6.42 Å². The second kappa shape index (κ2) is 5.30. The predicted molar refractivity (Wildman–Crippen MR) is 53.0 cm³/mol. The molecule has 0 saturated heterocycles. The van der Waals surface area contributed by atoms with Gasteiger partial charge in [0.15, 0.2) is 0 Å². The smallest absolute Gasteiger partial charge is 0.347 e. The molecule has 1 rings (SSSR count). The lowest BCUT2D eigenvalue weighted by atomic mass is 10.4. The molecule has 0 unspecified atom stereocenters. The summed E-state index contributed by atoms with van der Waals surface area (Å²) >= 11 is 0. The lowest BCUT2D eigenvalue weighted by Crippen LogP contribution is -2.40. The Morgan fingerprint density at radius 3 is 3.00 bits per heavy atom. The fourth-order valence-corrected chi connectivity index (χ4v) is 1.15. The highest BCUT2D eigenvalue weighted by Gasteiger charge is 2.23. The number of imide groups is 1. The molecule has 0 radical (unpaired) electrons. The standard InChI is InChI=1S/C8H14N4O3/c1-15-5-4-11(6-13)8(14)12-3-2-7(9)10-12/h6H,2-5H2,1H3,(H2,9,10). The molecular formula is C8H14N4O3. The third-order valence-electron chi connectivity index (χ3n) is 1.96. The van der Waals surface area contributed by atoms with Crippen molar-refractivity contribution < 1.29 is 14.3 Å². The Bertz CT molecular complexity index is 279. The Hall–Kier alpha value is -1.63. The number of hydrogen-bond donors (Lipinski definition) is 1. The van der Waals surface area contributed by atoms with E-state index in [-0.39, 0.29) is 6.54 Å². The maximum atomic E-state index is 11.6. The van der Waals surface area contributed by atoms with Crippen LogP contribution in [0.4, 0.5) is 4.79 Å². The van der Waals surface area contributed by atoms with Gasteiger partial charge in [0.25, 0.3) is 0 Å². The van der Waals surface area contributed by atoms with Crippen LogP contribution in [0.25, 0.3) is 0 Å². The monoisotopic (exact) mass is 214 g/mol. The van der Waals surface area contributed by atoms with E-state index in [4.69, 9.17) is 10.5 Å². The Morgan fingerprint density at radius 1 is 1.80 bits per heavy atom. The molecule has 1 aliphatic rings. The molecule has 1 aliphatic heterocycles. The van der Waals surface area contributed by atoms with Crippen LogP contribution < -0.4 is 5.73 Å². The normalized spacial score (nSPS) is 15.0. The van der Waals surface area contributed by atoms with E-state index in [1.165, 1.54) is 12.1 Å². The Balaban J connectivity index is 2.53. The molecular weight excluding hydrogens is 200 g/mol.